The van der Waals surface area contributed by atoms with E-state index < -0.39 is 182 Å². The molecule has 17 atom stereocenters. The van der Waals surface area contributed by atoms with Crippen molar-refractivity contribution < 1.29 is 124 Å². The summed E-state index contributed by atoms with van der Waals surface area (Å²) in [5.74, 6) is -10.6. The van der Waals surface area contributed by atoms with Crippen molar-refractivity contribution in [2.45, 2.75) is 193 Å². The fourth-order valence-electron chi connectivity index (χ4n) is 9.56. The average Bonchev–Trinajstić information content (AvgIpc) is 3.26. The van der Waals surface area contributed by atoms with Crippen LogP contribution in [0.15, 0.2) is 11.8 Å². The van der Waals surface area contributed by atoms with E-state index in [9.17, 15) is 47.9 Å². The van der Waals surface area contributed by atoms with Gasteiger partial charge in [-0.2, -0.15) is 0 Å². The normalized spacial score (nSPS) is 33.9. The number of fused-ring (bicyclic) bond motifs is 1. The molecular formula is C47H62O26. The van der Waals surface area contributed by atoms with E-state index in [1.54, 1.807) is 6.08 Å². The molecule has 0 amide bonds. The first-order valence-corrected chi connectivity index (χ1v) is 23.5. The van der Waals surface area contributed by atoms with E-state index in [0.29, 0.717) is 5.76 Å². The van der Waals surface area contributed by atoms with Gasteiger partial charge in [-0.25, -0.2) is 0 Å². The summed E-state index contributed by atoms with van der Waals surface area (Å²) in [6, 6.07) is 0. The van der Waals surface area contributed by atoms with Gasteiger partial charge in [0, 0.05) is 88.5 Å². The Labute approximate surface area is 418 Å². The van der Waals surface area contributed by atoms with Crippen LogP contribution in [0.2, 0.25) is 0 Å². The van der Waals surface area contributed by atoms with Crippen molar-refractivity contribution >= 4 is 65.5 Å². The molecule has 26 nitrogen and oxygen atoms in total. The number of ketones is 1. The lowest BCUT2D eigenvalue weighted by Gasteiger charge is -2.51. The van der Waals surface area contributed by atoms with Crippen molar-refractivity contribution in [1.82, 2.24) is 0 Å². The number of Topliss-reactive ketones (excluding diaryl/α,β-unsaturated/α-hetero) is 1. The van der Waals surface area contributed by atoms with E-state index in [4.69, 9.17) is 71.1 Å². The van der Waals surface area contributed by atoms with Gasteiger partial charge in [-0.05, 0) is 24.8 Å². The fraction of sp³-hybridized carbons (Fsp3) is 0.723. The minimum absolute atomic E-state index is 0.147. The first-order valence-electron chi connectivity index (χ1n) is 23.5. The van der Waals surface area contributed by atoms with Gasteiger partial charge in [0.2, 0.25) is 0 Å². The maximum Gasteiger partial charge on any atom is 0.307 e. The van der Waals surface area contributed by atoms with Crippen molar-refractivity contribution in [2.24, 2.45) is 11.8 Å². The summed E-state index contributed by atoms with van der Waals surface area (Å²) in [6.07, 6.45) is -20.8. The SMILES string of the molecule is CC(=O)OCC1OC(OC2CC(OC(C)=O)C3C(=O)C(OC4OC(COC(C)=O)C(OC(C)=O)C(OC(C)=O)C4OC(C)=O)C(C4CC=C(OC(C)=O)CC4)OC3C2)C(OC(C)=O)C(OC(C)=O)C1OC(C)=O. The van der Waals surface area contributed by atoms with E-state index in [-0.39, 0.29) is 32.1 Å². The maximum absolute atomic E-state index is 15.4. The first kappa shape index (κ1) is 57.8. The van der Waals surface area contributed by atoms with E-state index in [1.807, 2.05) is 0 Å². The van der Waals surface area contributed by atoms with Crippen LogP contribution in [-0.2, 0) is 124 Å². The molecule has 0 aromatic carbocycles. The zero-order valence-electron chi connectivity index (χ0n) is 42.0. The van der Waals surface area contributed by atoms with Crippen LogP contribution in [0, 0.1) is 11.8 Å². The monoisotopic (exact) mass is 1040 g/mol. The zero-order valence-corrected chi connectivity index (χ0v) is 42.0. The molecule has 3 aliphatic heterocycles. The Hall–Kier alpha value is -6.09. The molecule has 3 saturated heterocycles. The molecule has 406 valence electrons. The highest BCUT2D eigenvalue weighted by atomic mass is 16.8. The predicted octanol–water partition coefficient (Wildman–Crippen LogP) is 0.848. The molecule has 5 rings (SSSR count). The van der Waals surface area contributed by atoms with Crippen molar-refractivity contribution in [1.29, 1.82) is 0 Å². The molecule has 3 heterocycles. The number of esters is 10. The summed E-state index contributed by atoms with van der Waals surface area (Å²) < 4.78 is 87.1. The molecule has 0 aromatic heterocycles. The third-order valence-electron chi connectivity index (χ3n) is 12.0. The molecule has 0 radical (unpaired) electrons. The number of hydrogen-bond donors (Lipinski definition) is 0. The molecule has 4 fully saturated rings. The predicted molar refractivity (Wildman–Crippen MR) is 233 cm³/mol. The van der Waals surface area contributed by atoms with Gasteiger partial charge < -0.3 is 71.1 Å². The average molecular weight is 1040 g/mol. The van der Waals surface area contributed by atoms with Crippen LogP contribution in [0.4, 0.5) is 0 Å². The van der Waals surface area contributed by atoms with Crippen LogP contribution < -0.4 is 0 Å². The van der Waals surface area contributed by atoms with Crippen LogP contribution in [0.1, 0.15) is 101 Å². The topological polar surface area (TPSA) is 326 Å². The van der Waals surface area contributed by atoms with Gasteiger partial charge in [0.25, 0.3) is 0 Å². The largest absolute Gasteiger partial charge is 0.463 e. The lowest BCUT2D eigenvalue weighted by atomic mass is 9.72. The van der Waals surface area contributed by atoms with Crippen LogP contribution in [0.25, 0.3) is 0 Å². The van der Waals surface area contributed by atoms with Crippen LogP contribution in [0.3, 0.4) is 0 Å². The number of carbonyl (C=O) groups excluding carboxylic acids is 11. The molecule has 17 unspecified atom stereocenters. The summed E-state index contributed by atoms with van der Waals surface area (Å²) in [4.78, 5) is 139. The minimum atomic E-state index is -1.85. The second-order valence-corrected chi connectivity index (χ2v) is 17.9. The van der Waals surface area contributed by atoms with Crippen molar-refractivity contribution in [3.8, 4) is 0 Å². The maximum atomic E-state index is 15.4. The third kappa shape index (κ3) is 16.0. The summed E-state index contributed by atoms with van der Waals surface area (Å²) in [5.41, 5.74) is 0. The Bertz CT molecular complexity index is 2140. The fourth-order valence-corrected chi connectivity index (χ4v) is 9.56. The number of carbonyl (C=O) groups is 11. The van der Waals surface area contributed by atoms with Gasteiger partial charge in [0.1, 0.15) is 43.4 Å². The van der Waals surface area contributed by atoms with Crippen LogP contribution in [0.5, 0.6) is 0 Å². The summed E-state index contributed by atoms with van der Waals surface area (Å²) in [5, 5.41) is 0. The van der Waals surface area contributed by atoms with Gasteiger partial charge in [-0.15, -0.1) is 0 Å². The van der Waals surface area contributed by atoms with Crippen LogP contribution >= 0.6 is 0 Å². The highest BCUT2D eigenvalue weighted by Crippen LogP contribution is 2.44. The van der Waals surface area contributed by atoms with Gasteiger partial charge >= 0.3 is 59.7 Å². The minimum Gasteiger partial charge on any atom is -0.463 e. The Kier molecular flexibility index (Phi) is 20.4. The zero-order chi connectivity index (χ0) is 54.0. The van der Waals surface area contributed by atoms with Crippen LogP contribution in [-0.4, -0.2) is 171 Å². The third-order valence-corrected chi connectivity index (χ3v) is 12.0. The second kappa shape index (κ2) is 25.7. The van der Waals surface area contributed by atoms with Gasteiger partial charge in [-0.1, -0.05) is 0 Å². The van der Waals surface area contributed by atoms with E-state index in [2.05, 4.69) is 0 Å². The Balaban J connectivity index is 1.57. The number of allylic oxidation sites excluding steroid dienone is 2. The molecule has 26 heteroatoms. The number of hydrogen-bond acceptors (Lipinski definition) is 26. The molecule has 0 spiro atoms. The Morgan fingerprint density at radius 3 is 1.36 bits per heavy atom. The molecule has 0 bridgehead atoms. The quantitative estimate of drug-likeness (QED) is 0.144. The standard InChI is InChI=1S/C47H62O26/c1-19(48)59-17-34-39(63-23(5)52)42(65-25(7)54)44(67-27(9)56)46(71-34)69-31-15-32(62-22(4)51)36-33(16-31)70-38(29-11-13-30(14-12-29)61-21(3)50)41(37(36)58)73-47-45(68-28(10)57)43(66-26(8)55)40(64-24(6)53)35(72-47)18-60-20(2)49/h13,29,31-36,38-47H,11-12,14-18H2,1-10H3. The van der Waals surface area contributed by atoms with Crippen molar-refractivity contribution in [3.05, 3.63) is 11.8 Å². The first-order chi connectivity index (χ1) is 34.3. The summed E-state index contributed by atoms with van der Waals surface area (Å²) in [7, 11) is 0. The molecule has 2 aliphatic carbocycles. The molecular weight excluding hydrogens is 980 g/mol. The van der Waals surface area contributed by atoms with Crippen molar-refractivity contribution in [3.63, 3.8) is 0 Å². The van der Waals surface area contributed by atoms with Gasteiger partial charge in [0.05, 0.1) is 24.2 Å². The molecule has 1 saturated carbocycles. The molecule has 0 aromatic rings. The highest BCUT2D eigenvalue weighted by molar-refractivity contribution is 5.88. The van der Waals surface area contributed by atoms with E-state index >= 15 is 4.79 Å². The van der Waals surface area contributed by atoms with Gasteiger partial charge in [-0.3, -0.25) is 52.7 Å². The lowest BCUT2D eigenvalue weighted by molar-refractivity contribution is -0.332. The van der Waals surface area contributed by atoms with Gasteiger partial charge in [0.15, 0.2) is 55.0 Å². The summed E-state index contributed by atoms with van der Waals surface area (Å²) >= 11 is 0. The molecule has 5 aliphatic rings. The smallest absolute Gasteiger partial charge is 0.307 e. The number of ether oxygens (including phenoxy) is 15. The molecule has 0 N–H and O–H groups in total. The van der Waals surface area contributed by atoms with E-state index in [0.717, 1.165) is 62.3 Å². The molecule has 73 heavy (non-hydrogen) atoms. The van der Waals surface area contributed by atoms with E-state index in [1.165, 1.54) is 6.92 Å². The lowest BCUT2D eigenvalue weighted by Crippen LogP contribution is -2.67. The Morgan fingerprint density at radius 2 is 0.945 bits per heavy atom. The highest BCUT2D eigenvalue weighted by Gasteiger charge is 2.60. The summed E-state index contributed by atoms with van der Waals surface area (Å²) in [6.45, 7) is 9.62. The Morgan fingerprint density at radius 1 is 0.507 bits per heavy atom. The van der Waals surface area contributed by atoms with Crippen molar-refractivity contribution in [2.75, 3.05) is 13.2 Å². The number of rotatable bonds is 17. The second-order valence-electron chi connectivity index (χ2n) is 17.9.